The number of carboxylic acids is 1. The Labute approximate surface area is 146 Å². The van der Waals surface area contributed by atoms with Gasteiger partial charge in [-0.25, -0.2) is 0 Å². The fourth-order valence-electron chi connectivity index (χ4n) is 2.44. The van der Waals surface area contributed by atoms with Crippen LogP contribution in [0.5, 0.6) is 5.75 Å². The smallest absolute Gasteiger partial charge is 0.307 e. The van der Waals surface area contributed by atoms with Crippen LogP contribution >= 0.6 is 11.6 Å². The molecule has 0 spiro atoms. The second-order valence-corrected chi connectivity index (χ2v) is 6.78. The Morgan fingerprint density at radius 1 is 1.12 bits per heavy atom. The number of aliphatic hydroxyl groups excluding tert-OH is 1. The number of rotatable bonds is 7. The number of benzene rings is 2. The van der Waals surface area contributed by atoms with E-state index in [-0.39, 0.29) is 6.42 Å². The predicted molar refractivity (Wildman–Crippen MR) is 93.5 cm³/mol. The molecule has 0 aliphatic heterocycles. The van der Waals surface area contributed by atoms with Crippen molar-refractivity contribution in [1.29, 1.82) is 0 Å². The van der Waals surface area contributed by atoms with Gasteiger partial charge in [-0.3, -0.25) is 4.79 Å². The van der Waals surface area contributed by atoms with E-state index in [4.69, 9.17) is 21.4 Å². The van der Waals surface area contributed by atoms with Crippen molar-refractivity contribution in [2.75, 3.05) is 0 Å². The van der Waals surface area contributed by atoms with E-state index in [1.165, 1.54) is 0 Å². The van der Waals surface area contributed by atoms with Gasteiger partial charge in [-0.2, -0.15) is 0 Å². The first kappa shape index (κ1) is 18.3. The molecule has 0 aliphatic rings. The predicted octanol–water partition coefficient (Wildman–Crippen LogP) is 4.25. The summed E-state index contributed by atoms with van der Waals surface area (Å²) in [6, 6.07) is 14.4. The number of hydrogen-bond acceptors (Lipinski definition) is 3. The Kier molecular flexibility index (Phi) is 5.86. The van der Waals surface area contributed by atoms with Crippen molar-refractivity contribution in [2.45, 2.75) is 38.4 Å². The first-order valence-electron chi connectivity index (χ1n) is 7.68. The monoisotopic (exact) mass is 348 g/mol. The number of halogens is 1. The highest BCUT2D eigenvalue weighted by Gasteiger charge is 2.23. The van der Waals surface area contributed by atoms with Crippen molar-refractivity contribution in [3.63, 3.8) is 0 Å². The Morgan fingerprint density at radius 2 is 1.71 bits per heavy atom. The summed E-state index contributed by atoms with van der Waals surface area (Å²) < 4.78 is 5.70. The van der Waals surface area contributed by atoms with Crippen molar-refractivity contribution in [2.24, 2.45) is 0 Å². The second-order valence-electron chi connectivity index (χ2n) is 6.35. The molecule has 128 valence electrons. The summed E-state index contributed by atoms with van der Waals surface area (Å²) in [5.41, 5.74) is 0.970. The van der Waals surface area contributed by atoms with Crippen LogP contribution in [0.1, 0.15) is 37.5 Å². The zero-order valence-electron chi connectivity index (χ0n) is 13.7. The molecule has 1 unspecified atom stereocenters. The molecule has 0 amide bonds. The molecule has 1 atom stereocenters. The van der Waals surface area contributed by atoms with Crippen molar-refractivity contribution in [3.05, 3.63) is 64.7 Å². The highest BCUT2D eigenvalue weighted by Crippen LogP contribution is 2.25. The van der Waals surface area contributed by atoms with Gasteiger partial charge in [0.25, 0.3) is 0 Å². The number of carboxylic acid groups (broad SMARTS) is 1. The molecule has 2 aromatic rings. The minimum absolute atomic E-state index is 0.0893. The first-order valence-corrected chi connectivity index (χ1v) is 8.06. The maximum Gasteiger partial charge on any atom is 0.307 e. The first-order chi connectivity index (χ1) is 11.2. The number of aliphatic hydroxyl groups is 1. The zero-order valence-corrected chi connectivity index (χ0v) is 14.5. The van der Waals surface area contributed by atoms with Crippen LogP contribution in [-0.2, 0) is 11.2 Å². The largest absolute Gasteiger partial charge is 0.487 e. The second kappa shape index (κ2) is 7.69. The van der Waals surface area contributed by atoms with Gasteiger partial charge >= 0.3 is 5.97 Å². The lowest BCUT2D eigenvalue weighted by molar-refractivity contribution is -0.140. The van der Waals surface area contributed by atoms with E-state index in [0.717, 1.165) is 11.1 Å². The summed E-state index contributed by atoms with van der Waals surface area (Å²) in [4.78, 5) is 10.8. The molecule has 0 heterocycles. The number of aliphatic carboxylic acids is 1. The Bertz CT molecular complexity index is 678. The average Bonchev–Trinajstić information content (AvgIpc) is 2.48. The summed E-state index contributed by atoms with van der Waals surface area (Å²) >= 11 is 5.85. The molecule has 0 saturated heterocycles. The standard InChI is InChI=1S/C19H21ClO4/c1-19(2,12-18(22)23)24-16-9-5-14(6-10-16)17(21)11-13-3-7-15(20)8-4-13/h3-10,17,21H,11-12H2,1-2H3,(H,22,23). The molecule has 0 aliphatic carbocycles. The molecular weight excluding hydrogens is 328 g/mol. The summed E-state index contributed by atoms with van der Waals surface area (Å²) in [5, 5.41) is 19.9. The van der Waals surface area contributed by atoms with E-state index < -0.39 is 17.7 Å². The van der Waals surface area contributed by atoms with E-state index in [1.807, 2.05) is 12.1 Å². The van der Waals surface area contributed by atoms with Crippen LogP contribution in [0, 0.1) is 0 Å². The van der Waals surface area contributed by atoms with Crippen LogP contribution in [0.15, 0.2) is 48.5 Å². The molecule has 24 heavy (non-hydrogen) atoms. The van der Waals surface area contributed by atoms with E-state index in [2.05, 4.69) is 0 Å². The Balaban J connectivity index is 2.00. The van der Waals surface area contributed by atoms with Gasteiger partial charge < -0.3 is 14.9 Å². The average molecular weight is 349 g/mol. The van der Waals surface area contributed by atoms with Crippen LogP contribution in [0.3, 0.4) is 0 Å². The van der Waals surface area contributed by atoms with Crippen molar-refractivity contribution in [1.82, 2.24) is 0 Å². The fraction of sp³-hybridized carbons (Fsp3) is 0.316. The van der Waals surface area contributed by atoms with Crippen LogP contribution in [0.2, 0.25) is 5.02 Å². The Hall–Kier alpha value is -2.04. The lowest BCUT2D eigenvalue weighted by Gasteiger charge is -2.24. The van der Waals surface area contributed by atoms with Gasteiger partial charge in [0, 0.05) is 11.4 Å². The molecule has 4 nitrogen and oxygen atoms in total. The van der Waals surface area contributed by atoms with E-state index in [1.54, 1.807) is 50.2 Å². The maximum atomic E-state index is 10.8. The normalized spacial score (nSPS) is 12.7. The lowest BCUT2D eigenvalue weighted by Crippen LogP contribution is -2.31. The third-order valence-electron chi connectivity index (χ3n) is 3.58. The van der Waals surface area contributed by atoms with Crippen LogP contribution < -0.4 is 4.74 Å². The molecule has 2 N–H and O–H groups in total. The van der Waals surface area contributed by atoms with Gasteiger partial charge in [0.15, 0.2) is 0 Å². The fourth-order valence-corrected chi connectivity index (χ4v) is 2.56. The van der Waals surface area contributed by atoms with Crippen LogP contribution in [0.25, 0.3) is 0 Å². The molecule has 0 radical (unpaired) electrons. The van der Waals surface area contributed by atoms with E-state index in [9.17, 15) is 9.90 Å². The Morgan fingerprint density at radius 3 is 2.25 bits per heavy atom. The highest BCUT2D eigenvalue weighted by molar-refractivity contribution is 6.30. The quantitative estimate of drug-likeness (QED) is 0.785. The minimum Gasteiger partial charge on any atom is -0.487 e. The van der Waals surface area contributed by atoms with Gasteiger partial charge in [0.05, 0.1) is 12.5 Å². The summed E-state index contributed by atoms with van der Waals surface area (Å²) in [5.74, 6) is -0.335. The molecular formula is C19H21ClO4. The van der Waals surface area contributed by atoms with Crippen molar-refractivity contribution >= 4 is 17.6 Å². The summed E-state index contributed by atoms with van der Waals surface area (Å²) in [7, 11) is 0. The SMILES string of the molecule is CC(C)(CC(=O)O)Oc1ccc(C(O)Cc2ccc(Cl)cc2)cc1. The molecule has 0 aromatic heterocycles. The topological polar surface area (TPSA) is 66.8 Å². The molecule has 5 heteroatoms. The summed E-state index contributed by atoms with van der Waals surface area (Å²) in [6.45, 7) is 3.45. The number of hydrogen-bond donors (Lipinski definition) is 2. The van der Waals surface area contributed by atoms with Gasteiger partial charge in [-0.15, -0.1) is 0 Å². The minimum atomic E-state index is -0.907. The molecule has 0 saturated carbocycles. The number of ether oxygens (including phenoxy) is 1. The number of carbonyl (C=O) groups is 1. The maximum absolute atomic E-state index is 10.8. The van der Waals surface area contributed by atoms with Crippen LogP contribution in [0.4, 0.5) is 0 Å². The third-order valence-corrected chi connectivity index (χ3v) is 3.83. The van der Waals surface area contributed by atoms with Crippen molar-refractivity contribution < 1.29 is 19.7 Å². The highest BCUT2D eigenvalue weighted by atomic mass is 35.5. The van der Waals surface area contributed by atoms with Gasteiger partial charge in [0.1, 0.15) is 11.4 Å². The zero-order chi connectivity index (χ0) is 17.7. The molecule has 0 fully saturated rings. The van der Waals surface area contributed by atoms with E-state index in [0.29, 0.717) is 17.2 Å². The van der Waals surface area contributed by atoms with Gasteiger partial charge in [-0.05, 0) is 49.2 Å². The van der Waals surface area contributed by atoms with Gasteiger partial charge in [-0.1, -0.05) is 35.9 Å². The molecule has 2 rings (SSSR count). The van der Waals surface area contributed by atoms with E-state index >= 15 is 0 Å². The lowest BCUT2D eigenvalue weighted by atomic mass is 10.0. The molecule has 0 bridgehead atoms. The van der Waals surface area contributed by atoms with Crippen LogP contribution in [-0.4, -0.2) is 21.8 Å². The van der Waals surface area contributed by atoms with Crippen molar-refractivity contribution in [3.8, 4) is 5.75 Å². The third kappa shape index (κ3) is 5.55. The van der Waals surface area contributed by atoms with Gasteiger partial charge in [0.2, 0.25) is 0 Å². The molecule has 2 aromatic carbocycles. The summed E-state index contributed by atoms with van der Waals surface area (Å²) in [6.07, 6.45) is -0.234.